The smallest absolute Gasteiger partial charge is 0.346 e. The Morgan fingerprint density at radius 1 is 1.43 bits per heavy atom. The summed E-state index contributed by atoms with van der Waals surface area (Å²) in [7, 11) is 0. The van der Waals surface area contributed by atoms with Crippen LogP contribution in [0.5, 0.6) is 0 Å². The van der Waals surface area contributed by atoms with E-state index in [1.165, 1.54) is 0 Å². The molecule has 0 radical (unpaired) electrons. The van der Waals surface area contributed by atoms with Gasteiger partial charge in [-0.05, 0) is 18.2 Å². The molecule has 1 aliphatic carbocycles. The third-order valence-corrected chi connectivity index (χ3v) is 1.86. The highest BCUT2D eigenvalue weighted by Crippen LogP contribution is 2.32. The first kappa shape index (κ1) is 10.4. The first-order chi connectivity index (χ1) is 6.38. The van der Waals surface area contributed by atoms with Crippen LogP contribution in [-0.4, -0.2) is 27.8 Å². The van der Waals surface area contributed by atoms with Crippen LogP contribution >= 0.6 is 0 Å². The van der Waals surface area contributed by atoms with Gasteiger partial charge in [0.15, 0.2) is 0 Å². The molecule has 1 aliphatic rings. The molecule has 0 heterocycles. The van der Waals surface area contributed by atoms with Crippen molar-refractivity contribution in [3.8, 4) is 0 Å². The fraction of sp³-hybridized carbons (Fsp3) is 0.250. The van der Waals surface area contributed by atoms with Gasteiger partial charge in [-0.15, -0.1) is 0 Å². The Morgan fingerprint density at radius 2 is 2.00 bits per heavy atom. The van der Waals surface area contributed by atoms with E-state index in [1.54, 1.807) is 0 Å². The highest BCUT2D eigenvalue weighted by molar-refractivity contribution is 5.89. The Kier molecular flexibility index (Phi) is 2.37. The van der Waals surface area contributed by atoms with E-state index in [2.05, 4.69) is 0 Å². The predicted molar refractivity (Wildman–Crippen MR) is 40.9 cm³/mol. The molecule has 0 bridgehead atoms. The molecular weight excluding hydrogens is 198 g/mol. The minimum atomic E-state index is -3.08. The summed E-state index contributed by atoms with van der Waals surface area (Å²) in [6, 6.07) is 0. The Hall–Kier alpha value is -1.72. The van der Waals surface area contributed by atoms with Gasteiger partial charge in [0.1, 0.15) is 11.7 Å². The molecule has 2 unspecified atom stereocenters. The van der Waals surface area contributed by atoms with E-state index in [-0.39, 0.29) is 0 Å². The Balaban J connectivity index is 3.15. The lowest BCUT2D eigenvalue weighted by Gasteiger charge is -2.23. The van der Waals surface area contributed by atoms with E-state index in [1.807, 2.05) is 0 Å². The molecule has 0 aromatic heterocycles. The molecule has 2 N–H and O–H groups in total. The molecule has 0 aliphatic heterocycles. The number of hydrogen-bond acceptors (Lipinski definition) is 2. The van der Waals surface area contributed by atoms with Crippen molar-refractivity contribution < 1.29 is 28.6 Å². The van der Waals surface area contributed by atoms with Crippen LogP contribution in [0.25, 0.3) is 0 Å². The van der Waals surface area contributed by atoms with Crippen LogP contribution in [0, 0.1) is 5.92 Å². The number of carbonyl (C=O) groups is 2. The van der Waals surface area contributed by atoms with Crippen LogP contribution in [0.3, 0.4) is 0 Å². The molecule has 14 heavy (non-hydrogen) atoms. The van der Waals surface area contributed by atoms with Crippen LogP contribution in [0.2, 0.25) is 0 Å². The Labute approximate surface area is 77.2 Å². The minimum Gasteiger partial charge on any atom is -0.481 e. The SMILES string of the molecule is O=C(O)C1C=C(F)C=CC1(F)C(=O)O. The summed E-state index contributed by atoms with van der Waals surface area (Å²) < 4.78 is 26.1. The molecule has 0 aromatic carbocycles. The first-order valence-electron chi connectivity index (χ1n) is 3.59. The van der Waals surface area contributed by atoms with E-state index >= 15 is 0 Å². The summed E-state index contributed by atoms with van der Waals surface area (Å²) in [5, 5.41) is 17.0. The molecule has 76 valence electrons. The average Bonchev–Trinajstić information content (AvgIpc) is 2.08. The highest BCUT2D eigenvalue weighted by Gasteiger charge is 2.49. The monoisotopic (exact) mass is 204 g/mol. The van der Waals surface area contributed by atoms with Crippen molar-refractivity contribution in [3.63, 3.8) is 0 Å². The quantitative estimate of drug-likeness (QED) is 0.700. The van der Waals surface area contributed by atoms with E-state index in [9.17, 15) is 18.4 Å². The van der Waals surface area contributed by atoms with Gasteiger partial charge in [-0.25, -0.2) is 13.6 Å². The Morgan fingerprint density at radius 3 is 2.43 bits per heavy atom. The molecule has 1 rings (SSSR count). The molecule has 0 amide bonds. The minimum absolute atomic E-state index is 0.392. The molecule has 2 atom stereocenters. The summed E-state index contributed by atoms with van der Waals surface area (Å²) in [5.41, 5.74) is -3.08. The zero-order chi connectivity index (χ0) is 10.9. The predicted octanol–water partition coefficient (Wildman–Crippen LogP) is 0.903. The normalized spacial score (nSPS) is 31.0. The number of carboxylic acid groups (broad SMARTS) is 2. The standard InChI is InChI=1S/C8H6F2O4/c9-4-1-2-8(10,7(13)14)5(3-4)6(11)12/h1-3,5H,(H,11,12)(H,13,14). The molecule has 0 fully saturated rings. The molecule has 0 saturated carbocycles. The molecule has 0 spiro atoms. The highest BCUT2D eigenvalue weighted by atomic mass is 19.1. The van der Waals surface area contributed by atoms with Crippen LogP contribution in [0.15, 0.2) is 24.1 Å². The van der Waals surface area contributed by atoms with Crippen molar-refractivity contribution in [2.45, 2.75) is 5.67 Å². The van der Waals surface area contributed by atoms with Crippen molar-refractivity contribution in [2.24, 2.45) is 5.92 Å². The Bertz CT molecular complexity index is 347. The first-order valence-corrected chi connectivity index (χ1v) is 3.59. The zero-order valence-electron chi connectivity index (χ0n) is 6.78. The maximum Gasteiger partial charge on any atom is 0.346 e. The van der Waals surface area contributed by atoms with E-state index in [0.29, 0.717) is 18.2 Å². The van der Waals surface area contributed by atoms with E-state index < -0.39 is 29.4 Å². The fourth-order valence-corrected chi connectivity index (χ4v) is 1.10. The second kappa shape index (κ2) is 3.21. The van der Waals surface area contributed by atoms with Gasteiger partial charge < -0.3 is 10.2 Å². The second-order valence-corrected chi connectivity index (χ2v) is 2.77. The van der Waals surface area contributed by atoms with Gasteiger partial charge in [-0.2, -0.15) is 0 Å². The van der Waals surface area contributed by atoms with Gasteiger partial charge in [0.2, 0.25) is 5.67 Å². The molecular formula is C8H6F2O4. The topological polar surface area (TPSA) is 74.6 Å². The van der Waals surface area contributed by atoms with Crippen molar-refractivity contribution in [2.75, 3.05) is 0 Å². The lowest BCUT2D eigenvalue weighted by atomic mass is 9.85. The summed E-state index contributed by atoms with van der Waals surface area (Å²) in [6.45, 7) is 0. The number of carboxylic acids is 2. The van der Waals surface area contributed by atoms with Gasteiger partial charge in [-0.3, -0.25) is 4.79 Å². The van der Waals surface area contributed by atoms with Crippen LogP contribution in [-0.2, 0) is 9.59 Å². The van der Waals surface area contributed by atoms with Gasteiger partial charge in [-0.1, -0.05) is 0 Å². The maximum absolute atomic E-state index is 13.5. The number of halogens is 2. The van der Waals surface area contributed by atoms with Crippen LogP contribution in [0.4, 0.5) is 8.78 Å². The molecule has 0 aromatic rings. The van der Waals surface area contributed by atoms with E-state index in [4.69, 9.17) is 10.2 Å². The third kappa shape index (κ3) is 1.50. The number of hydrogen-bond donors (Lipinski definition) is 2. The van der Waals surface area contributed by atoms with Crippen molar-refractivity contribution in [1.29, 1.82) is 0 Å². The number of allylic oxidation sites excluding steroid dienone is 2. The summed E-state index contributed by atoms with van der Waals surface area (Å²) >= 11 is 0. The van der Waals surface area contributed by atoms with Gasteiger partial charge in [0, 0.05) is 0 Å². The lowest BCUT2D eigenvalue weighted by Crippen LogP contribution is -2.44. The van der Waals surface area contributed by atoms with E-state index in [0.717, 1.165) is 0 Å². The summed E-state index contributed by atoms with van der Waals surface area (Å²) in [5.74, 6) is -6.68. The lowest BCUT2D eigenvalue weighted by molar-refractivity contribution is -0.158. The molecule has 4 nitrogen and oxygen atoms in total. The fourth-order valence-electron chi connectivity index (χ4n) is 1.10. The van der Waals surface area contributed by atoms with Crippen molar-refractivity contribution in [1.82, 2.24) is 0 Å². The summed E-state index contributed by atoms with van der Waals surface area (Å²) in [6.07, 6.45) is 1.41. The molecule has 0 saturated heterocycles. The molecule has 6 heteroatoms. The van der Waals surface area contributed by atoms with Gasteiger partial charge in [0.05, 0.1) is 0 Å². The second-order valence-electron chi connectivity index (χ2n) is 2.77. The zero-order valence-corrected chi connectivity index (χ0v) is 6.78. The number of aliphatic carboxylic acids is 2. The average molecular weight is 204 g/mol. The van der Waals surface area contributed by atoms with Crippen molar-refractivity contribution >= 4 is 11.9 Å². The third-order valence-electron chi connectivity index (χ3n) is 1.86. The number of rotatable bonds is 2. The number of alkyl halides is 1. The van der Waals surface area contributed by atoms with Gasteiger partial charge in [0.25, 0.3) is 0 Å². The summed E-state index contributed by atoms with van der Waals surface area (Å²) in [4.78, 5) is 20.9. The van der Waals surface area contributed by atoms with Gasteiger partial charge >= 0.3 is 11.9 Å². The maximum atomic E-state index is 13.5. The van der Waals surface area contributed by atoms with Crippen LogP contribution < -0.4 is 0 Å². The van der Waals surface area contributed by atoms with Crippen molar-refractivity contribution in [3.05, 3.63) is 24.1 Å². The largest absolute Gasteiger partial charge is 0.481 e. The van der Waals surface area contributed by atoms with Crippen LogP contribution in [0.1, 0.15) is 0 Å².